The van der Waals surface area contributed by atoms with Crippen LogP contribution in [0.1, 0.15) is 22.5 Å². The molecule has 35 heteroatoms. The summed E-state index contributed by atoms with van der Waals surface area (Å²) in [6.45, 7) is 3.29. The van der Waals surface area contributed by atoms with Crippen LogP contribution in [0, 0.1) is 13.8 Å². The van der Waals surface area contributed by atoms with E-state index in [1.54, 1.807) is 23.5 Å². The molecule has 4 aromatic carbocycles. The summed E-state index contributed by atoms with van der Waals surface area (Å²) in [7, 11) is 0. The molecule has 0 atom stereocenters. The Labute approximate surface area is 414 Å². The number of nitrogen functional groups attached to an aromatic ring is 3. The third-order valence-electron chi connectivity index (χ3n) is 8.61. The fourth-order valence-corrected chi connectivity index (χ4v) is 4.95. The number of carbonyl (C=O) groups excluding carboxylic acids is 5. The van der Waals surface area contributed by atoms with Gasteiger partial charge in [0.25, 0.3) is 0 Å². The number of aromatic nitrogens is 2. The largest absolute Gasteiger partial charge is 0.491 e. The van der Waals surface area contributed by atoms with Crippen LogP contribution < -0.4 is 33.2 Å². The normalized spacial score (nSPS) is 12.0. The molecule has 422 valence electrons. The molecule has 0 saturated carbocycles. The number of carbonyl (C=O) groups is 5. The lowest BCUT2D eigenvalue weighted by Crippen LogP contribution is -2.34. The first-order valence-corrected chi connectivity index (χ1v) is 19.6. The molecule has 11 N–H and O–H groups in total. The molecule has 0 fully saturated rings. The van der Waals surface area contributed by atoms with Gasteiger partial charge in [0.2, 0.25) is 0 Å². The number of nitrogens with two attached hydrogens (primary N) is 3. The molecule has 2 aromatic heterocycles. The van der Waals surface area contributed by atoms with Gasteiger partial charge in [-0.25, -0.2) is 9.59 Å². The zero-order valence-electron chi connectivity index (χ0n) is 37.7. The van der Waals surface area contributed by atoms with Crippen LogP contribution >= 0.6 is 0 Å². The van der Waals surface area contributed by atoms with Crippen molar-refractivity contribution in [1.29, 1.82) is 0 Å². The van der Waals surface area contributed by atoms with Crippen LogP contribution in [0.3, 0.4) is 0 Å². The number of H-pyrrole nitrogens is 2. The molecule has 0 aliphatic carbocycles. The average molecular weight is 1140 g/mol. The number of amides is 3. The van der Waals surface area contributed by atoms with E-state index in [1.165, 1.54) is 29.7 Å². The highest BCUT2D eigenvalue weighted by Crippen LogP contribution is 2.34. The Balaban J connectivity index is 0.000000338. The lowest BCUT2D eigenvalue weighted by Gasteiger charge is -2.13. The molecule has 0 aliphatic heterocycles. The Morgan fingerprint density at radius 1 is 0.416 bits per heavy atom. The Morgan fingerprint density at radius 3 is 1.16 bits per heavy atom. The molecule has 0 saturated heterocycles. The van der Waals surface area contributed by atoms with Crippen LogP contribution in [-0.2, 0) is 41.1 Å². The second kappa shape index (κ2) is 24.4. The summed E-state index contributed by atoms with van der Waals surface area (Å²) in [5.74, 6) is -13.1. The minimum Gasteiger partial charge on any atom is -0.399 e. The SMILES string of the molecule is Cc1ccc(N)cc1N.Cc1ccc(NC(=O)C(F)(F)F)cc1NC(=O)C(F)(F)F.Nc1ccc2cc(C(F)(F)F)[nH]c2c1.O=C(Nc1ccc2cc(C(F)(F)F)[nH]c2c1)C(F)(F)F.O=C(OC(=O)C(F)(F)F)C(F)(F)F. The van der Waals surface area contributed by atoms with Crippen molar-refractivity contribution in [2.75, 3.05) is 33.2 Å². The highest BCUT2D eigenvalue weighted by atomic mass is 19.4. The number of aromatic amines is 2. The van der Waals surface area contributed by atoms with Gasteiger partial charge in [0.15, 0.2) is 0 Å². The van der Waals surface area contributed by atoms with Crippen molar-refractivity contribution in [3.63, 3.8) is 0 Å². The van der Waals surface area contributed by atoms with E-state index >= 15 is 0 Å². The third kappa shape index (κ3) is 20.9. The van der Waals surface area contributed by atoms with Crippen molar-refractivity contribution >= 4 is 85.6 Å². The number of rotatable bonds is 3. The number of hydrogen-bond acceptors (Lipinski definition) is 9. The molecule has 0 aliphatic rings. The maximum Gasteiger partial charge on any atom is 0.491 e. The van der Waals surface area contributed by atoms with Gasteiger partial charge < -0.3 is 47.9 Å². The van der Waals surface area contributed by atoms with Crippen molar-refractivity contribution in [1.82, 2.24) is 9.97 Å². The van der Waals surface area contributed by atoms with Gasteiger partial charge in [0.1, 0.15) is 11.4 Å². The molecule has 0 unspecified atom stereocenters. The lowest BCUT2D eigenvalue weighted by molar-refractivity contribution is -0.221. The Bertz CT molecular complexity index is 3030. The first-order valence-electron chi connectivity index (χ1n) is 19.6. The Kier molecular flexibility index (Phi) is 20.5. The summed E-state index contributed by atoms with van der Waals surface area (Å²) in [5, 5.41) is 5.20. The van der Waals surface area contributed by atoms with Crippen LogP contribution in [0.5, 0.6) is 0 Å². The number of hydrogen-bond donors (Lipinski definition) is 8. The first kappa shape index (κ1) is 64.6. The van der Waals surface area contributed by atoms with Crippen LogP contribution in [0.15, 0.2) is 84.9 Å². The summed E-state index contributed by atoms with van der Waals surface area (Å²) in [5.41, 5.74) is 17.2. The predicted octanol–water partition coefficient (Wildman–Crippen LogP) is 11.8. The predicted molar refractivity (Wildman–Crippen MR) is 229 cm³/mol. The number of ether oxygens (including phenoxy) is 1. The summed E-state index contributed by atoms with van der Waals surface area (Å²) >= 11 is 0. The van der Waals surface area contributed by atoms with Crippen molar-refractivity contribution in [3.8, 4) is 0 Å². The summed E-state index contributed by atoms with van der Waals surface area (Å²) < 4.78 is 252. The fraction of sp³-hybridized carbons (Fsp3) is 0.214. The van der Waals surface area contributed by atoms with Gasteiger partial charge in [0, 0.05) is 55.9 Å². The standard InChI is InChI=1S/C11H8F6N2O2.C11H6F6N2O.C9H7F3N2.C7H10N2.C4F6O3/c1-5-2-3-6(18-8(20)10(12,13)14)4-7(5)19-9(21)11(15,16)17;12-10(13,14)8-3-5-1-2-6(4-7(5)19-8)18-9(20)11(15,16)17;10-9(11,12)8-3-5-1-2-6(13)4-7(5)14-8;1-5-2-3-6(8)4-7(5)9;5-3(6,7)1(11)13-2(12)4(8,9)10/h2-4H,1H3,(H,18,20)(H,19,21);1-4,19H,(H,18,20);1-4,14H,13H2;2-4H,8-9H2,1H3;. The Hall–Kier alpha value is -8.56. The molecule has 77 heavy (non-hydrogen) atoms. The van der Waals surface area contributed by atoms with E-state index in [-0.39, 0.29) is 27.8 Å². The molecule has 6 rings (SSSR count). The van der Waals surface area contributed by atoms with Gasteiger partial charge >= 0.3 is 72.9 Å². The summed E-state index contributed by atoms with van der Waals surface area (Å²) in [6.07, 6.45) is -35.5. The number of esters is 2. The van der Waals surface area contributed by atoms with E-state index in [1.807, 2.05) is 24.0 Å². The van der Waals surface area contributed by atoms with Crippen molar-refractivity contribution in [2.45, 2.75) is 57.1 Å². The molecule has 2 heterocycles. The third-order valence-corrected chi connectivity index (χ3v) is 8.61. The number of benzene rings is 4. The van der Waals surface area contributed by atoms with Crippen molar-refractivity contribution in [2.24, 2.45) is 0 Å². The number of alkyl halides is 21. The van der Waals surface area contributed by atoms with Crippen LogP contribution in [0.4, 0.5) is 126 Å². The van der Waals surface area contributed by atoms with Gasteiger partial charge in [-0.15, -0.1) is 0 Å². The highest BCUT2D eigenvalue weighted by Gasteiger charge is 2.49. The number of nitrogens with one attached hydrogen (secondary N) is 5. The molecular formula is C42H31F21N8O6. The average Bonchev–Trinajstić information content (AvgIpc) is 3.91. The maximum atomic E-state index is 12.4. The van der Waals surface area contributed by atoms with Crippen LogP contribution in [-0.4, -0.2) is 70.5 Å². The number of anilines is 6. The molecule has 6 aromatic rings. The van der Waals surface area contributed by atoms with Crippen LogP contribution in [0.25, 0.3) is 21.8 Å². The highest BCUT2D eigenvalue weighted by molar-refractivity contribution is 5.99. The topological polar surface area (TPSA) is 240 Å². The second-order valence-electron chi connectivity index (χ2n) is 14.7. The van der Waals surface area contributed by atoms with Crippen molar-refractivity contribution in [3.05, 3.63) is 107 Å². The summed E-state index contributed by atoms with van der Waals surface area (Å²) in [4.78, 5) is 55.8. The van der Waals surface area contributed by atoms with Gasteiger partial charge in [-0.1, -0.05) is 24.3 Å². The Morgan fingerprint density at radius 2 is 0.766 bits per heavy atom. The zero-order chi connectivity index (χ0) is 59.6. The van der Waals surface area contributed by atoms with Gasteiger partial charge in [0.05, 0.1) is 0 Å². The minimum absolute atomic E-state index is 0.0303. The molecule has 0 radical (unpaired) electrons. The maximum absolute atomic E-state index is 12.4. The quantitative estimate of drug-likeness (QED) is 0.0363. The van der Waals surface area contributed by atoms with E-state index in [2.05, 4.69) is 9.72 Å². The molecule has 3 amide bonds. The van der Waals surface area contributed by atoms with Crippen LogP contribution in [0.2, 0.25) is 0 Å². The second-order valence-corrected chi connectivity index (χ2v) is 14.7. The van der Waals surface area contributed by atoms with E-state index < -0.39 is 90.0 Å². The van der Waals surface area contributed by atoms with Crippen molar-refractivity contribution < 1.29 is 121 Å². The van der Waals surface area contributed by atoms with E-state index in [0.29, 0.717) is 16.6 Å². The molecule has 0 bridgehead atoms. The zero-order valence-corrected chi connectivity index (χ0v) is 37.7. The monoisotopic (exact) mass is 1140 g/mol. The summed E-state index contributed by atoms with van der Waals surface area (Å²) in [6, 6.07) is 18.2. The number of aryl methyl sites for hydroxylation is 2. The van der Waals surface area contributed by atoms with Gasteiger partial charge in [-0.3, -0.25) is 14.4 Å². The smallest absolute Gasteiger partial charge is 0.399 e. The van der Waals surface area contributed by atoms with E-state index in [4.69, 9.17) is 17.2 Å². The molecule has 14 nitrogen and oxygen atoms in total. The van der Waals surface area contributed by atoms with E-state index in [0.717, 1.165) is 59.4 Å². The minimum atomic E-state index is -5.62. The number of halogens is 21. The number of fused-ring (bicyclic) bond motifs is 2. The van der Waals surface area contributed by atoms with E-state index in [9.17, 15) is 116 Å². The van der Waals surface area contributed by atoms with Gasteiger partial charge in [-0.05, 0) is 85.6 Å². The first-order chi connectivity index (χ1) is 34.7. The lowest BCUT2D eigenvalue weighted by atomic mass is 10.1. The molecule has 0 spiro atoms. The molecular weight excluding hydrogens is 1110 g/mol. The fourth-order valence-electron chi connectivity index (χ4n) is 4.95. The van der Waals surface area contributed by atoms with Gasteiger partial charge in [-0.2, -0.15) is 92.2 Å².